The van der Waals surface area contributed by atoms with Crippen molar-refractivity contribution in [3.8, 4) is 17.2 Å². The molecule has 3 aromatic carbocycles. The predicted molar refractivity (Wildman–Crippen MR) is 136 cm³/mol. The number of halogens is 1. The number of anilines is 1. The van der Waals surface area contributed by atoms with E-state index in [2.05, 4.69) is 15.9 Å². The Morgan fingerprint density at radius 2 is 1.60 bits per heavy atom. The minimum absolute atomic E-state index is 0.0153. The number of hydrogen-bond donors (Lipinski definition) is 1. The number of aliphatic hydroxyl groups is 1. The summed E-state index contributed by atoms with van der Waals surface area (Å²) in [5, 5.41) is 11.2. The van der Waals surface area contributed by atoms with Crippen LogP contribution in [0.5, 0.6) is 17.2 Å². The fourth-order valence-electron chi connectivity index (χ4n) is 4.07. The van der Waals surface area contributed by atoms with E-state index in [9.17, 15) is 14.7 Å². The molecule has 0 aliphatic carbocycles. The van der Waals surface area contributed by atoms with Gasteiger partial charge in [-0.25, -0.2) is 0 Å². The summed E-state index contributed by atoms with van der Waals surface area (Å²) in [7, 11) is 3.03. The van der Waals surface area contributed by atoms with E-state index in [0.29, 0.717) is 40.7 Å². The molecule has 1 fully saturated rings. The maximum atomic E-state index is 13.3. The third-order valence-electron chi connectivity index (χ3n) is 5.71. The fraction of sp³-hybridized carbons (Fsp3) is 0.185. The SMILES string of the molecule is CCOc1ccc(N2C(=O)C(=O)/C(=C(\O)c3ccc(Br)cc3)C2c2ccc(OC)c(OC)c2)cc1. The number of methoxy groups -OCH3 is 2. The first-order valence-corrected chi connectivity index (χ1v) is 11.7. The molecule has 35 heavy (non-hydrogen) atoms. The first-order chi connectivity index (χ1) is 16.9. The average Bonchev–Trinajstić information content (AvgIpc) is 3.14. The molecule has 1 saturated heterocycles. The van der Waals surface area contributed by atoms with E-state index in [1.165, 1.54) is 19.1 Å². The van der Waals surface area contributed by atoms with Gasteiger partial charge in [-0.3, -0.25) is 14.5 Å². The number of nitrogens with zero attached hydrogens (tertiary/aromatic N) is 1. The number of amides is 1. The molecule has 1 N–H and O–H groups in total. The molecule has 1 amide bonds. The van der Waals surface area contributed by atoms with Crippen LogP contribution in [0.1, 0.15) is 24.1 Å². The maximum Gasteiger partial charge on any atom is 0.300 e. The van der Waals surface area contributed by atoms with Crippen LogP contribution in [0, 0.1) is 0 Å². The molecule has 4 rings (SSSR count). The molecule has 0 aromatic heterocycles. The predicted octanol–water partition coefficient (Wildman–Crippen LogP) is 5.49. The first kappa shape index (κ1) is 24.3. The number of ether oxygens (including phenoxy) is 3. The second-order valence-corrected chi connectivity index (χ2v) is 8.63. The minimum Gasteiger partial charge on any atom is -0.507 e. The molecule has 180 valence electrons. The molecule has 1 heterocycles. The topological polar surface area (TPSA) is 85.3 Å². The van der Waals surface area contributed by atoms with Crippen molar-refractivity contribution in [2.75, 3.05) is 25.7 Å². The fourth-order valence-corrected chi connectivity index (χ4v) is 4.33. The van der Waals surface area contributed by atoms with Crippen LogP contribution in [-0.2, 0) is 9.59 Å². The zero-order valence-corrected chi connectivity index (χ0v) is 21.0. The van der Waals surface area contributed by atoms with E-state index in [1.54, 1.807) is 66.7 Å². The molecule has 0 radical (unpaired) electrons. The third kappa shape index (κ3) is 4.61. The molecule has 1 aliphatic rings. The van der Waals surface area contributed by atoms with E-state index < -0.39 is 17.7 Å². The highest BCUT2D eigenvalue weighted by molar-refractivity contribution is 9.10. The van der Waals surface area contributed by atoms with Crippen LogP contribution >= 0.6 is 15.9 Å². The molecule has 8 heteroatoms. The third-order valence-corrected chi connectivity index (χ3v) is 6.24. The van der Waals surface area contributed by atoms with Crippen molar-refractivity contribution in [1.29, 1.82) is 0 Å². The number of aliphatic hydroxyl groups excluding tert-OH is 1. The maximum absolute atomic E-state index is 13.3. The second kappa shape index (κ2) is 10.2. The summed E-state index contributed by atoms with van der Waals surface area (Å²) in [6.07, 6.45) is 0. The lowest BCUT2D eigenvalue weighted by molar-refractivity contribution is -0.132. The highest BCUT2D eigenvalue weighted by Gasteiger charge is 2.47. The van der Waals surface area contributed by atoms with Crippen LogP contribution < -0.4 is 19.1 Å². The summed E-state index contributed by atoms with van der Waals surface area (Å²) < 4.78 is 17.1. The molecule has 0 saturated carbocycles. The highest BCUT2D eigenvalue weighted by atomic mass is 79.9. The monoisotopic (exact) mass is 537 g/mol. The van der Waals surface area contributed by atoms with Crippen molar-refractivity contribution < 1.29 is 28.9 Å². The Hall–Kier alpha value is -3.78. The van der Waals surface area contributed by atoms with Crippen LogP contribution in [0.25, 0.3) is 5.76 Å². The van der Waals surface area contributed by atoms with Gasteiger partial charge in [0.15, 0.2) is 11.5 Å². The Bertz CT molecular complexity index is 1280. The van der Waals surface area contributed by atoms with E-state index in [-0.39, 0.29) is 11.3 Å². The zero-order valence-electron chi connectivity index (χ0n) is 19.4. The molecule has 0 spiro atoms. The quantitative estimate of drug-likeness (QED) is 0.243. The van der Waals surface area contributed by atoms with Crippen LogP contribution in [0.4, 0.5) is 5.69 Å². The number of carbonyl (C=O) groups excluding carboxylic acids is 2. The standard InChI is InChI=1S/C27H24BrNO6/c1-4-35-20-12-10-19(11-13-20)29-24(17-7-14-21(33-2)22(15-17)34-3)23(26(31)27(29)32)25(30)16-5-8-18(28)9-6-16/h5-15,24,30H,4H2,1-3H3/b25-23-. The van der Waals surface area contributed by atoms with Gasteiger partial charge in [-0.1, -0.05) is 34.1 Å². The number of benzene rings is 3. The molecular formula is C27H24BrNO6. The average molecular weight is 538 g/mol. The van der Waals surface area contributed by atoms with Gasteiger partial charge in [-0.2, -0.15) is 0 Å². The van der Waals surface area contributed by atoms with Crippen molar-refractivity contribution in [1.82, 2.24) is 0 Å². The largest absolute Gasteiger partial charge is 0.507 e. The summed E-state index contributed by atoms with van der Waals surface area (Å²) in [6.45, 7) is 2.38. The molecule has 3 aromatic rings. The molecular weight excluding hydrogens is 514 g/mol. The lowest BCUT2D eigenvalue weighted by atomic mass is 9.94. The Balaban J connectivity index is 1.92. The van der Waals surface area contributed by atoms with Gasteiger partial charge in [-0.15, -0.1) is 0 Å². The van der Waals surface area contributed by atoms with E-state index in [1.807, 2.05) is 6.92 Å². The van der Waals surface area contributed by atoms with Crippen LogP contribution in [0.15, 0.2) is 76.8 Å². The summed E-state index contributed by atoms with van der Waals surface area (Å²) >= 11 is 3.37. The molecule has 0 bridgehead atoms. The number of hydrogen-bond acceptors (Lipinski definition) is 6. The second-order valence-electron chi connectivity index (χ2n) is 7.72. The summed E-state index contributed by atoms with van der Waals surface area (Å²) in [6, 6.07) is 18.0. The van der Waals surface area contributed by atoms with Gasteiger partial charge < -0.3 is 19.3 Å². The van der Waals surface area contributed by atoms with Gasteiger partial charge in [0.2, 0.25) is 0 Å². The summed E-state index contributed by atoms with van der Waals surface area (Å²) in [4.78, 5) is 28.0. The number of ketones is 1. The van der Waals surface area contributed by atoms with Gasteiger partial charge in [0.1, 0.15) is 11.5 Å². The Morgan fingerprint density at radius 1 is 0.943 bits per heavy atom. The molecule has 7 nitrogen and oxygen atoms in total. The molecule has 1 aliphatic heterocycles. The normalized spacial score (nSPS) is 16.9. The molecule has 1 atom stereocenters. The number of Topliss-reactive ketones (excluding diaryl/α,β-unsaturated/α-hetero) is 1. The van der Waals surface area contributed by atoms with Crippen molar-refractivity contribution in [3.63, 3.8) is 0 Å². The van der Waals surface area contributed by atoms with Gasteiger partial charge in [0, 0.05) is 15.7 Å². The smallest absolute Gasteiger partial charge is 0.300 e. The first-order valence-electron chi connectivity index (χ1n) is 10.9. The zero-order chi connectivity index (χ0) is 25.1. The summed E-state index contributed by atoms with van der Waals surface area (Å²) in [5.74, 6) is -0.200. The number of rotatable bonds is 7. The van der Waals surface area contributed by atoms with E-state index in [0.717, 1.165) is 4.47 Å². The van der Waals surface area contributed by atoms with Gasteiger partial charge in [-0.05, 0) is 61.0 Å². The Labute approximate surface area is 211 Å². The van der Waals surface area contributed by atoms with Crippen LogP contribution in [0.3, 0.4) is 0 Å². The van der Waals surface area contributed by atoms with Crippen LogP contribution in [-0.4, -0.2) is 37.6 Å². The van der Waals surface area contributed by atoms with Crippen LogP contribution in [0.2, 0.25) is 0 Å². The lowest BCUT2D eigenvalue weighted by Crippen LogP contribution is -2.29. The highest BCUT2D eigenvalue weighted by Crippen LogP contribution is 2.44. The van der Waals surface area contributed by atoms with Crippen molar-refractivity contribution in [2.45, 2.75) is 13.0 Å². The van der Waals surface area contributed by atoms with Gasteiger partial charge in [0.25, 0.3) is 11.7 Å². The van der Waals surface area contributed by atoms with Crippen molar-refractivity contribution in [3.05, 3.63) is 87.9 Å². The van der Waals surface area contributed by atoms with E-state index in [4.69, 9.17) is 14.2 Å². The minimum atomic E-state index is -0.892. The molecule has 1 unspecified atom stereocenters. The van der Waals surface area contributed by atoms with Gasteiger partial charge in [0.05, 0.1) is 32.4 Å². The number of carbonyl (C=O) groups is 2. The Kier molecular flexibility index (Phi) is 7.12. The van der Waals surface area contributed by atoms with Crippen molar-refractivity contribution in [2.24, 2.45) is 0 Å². The van der Waals surface area contributed by atoms with Crippen molar-refractivity contribution >= 4 is 39.1 Å². The van der Waals surface area contributed by atoms with Gasteiger partial charge >= 0.3 is 0 Å². The summed E-state index contributed by atoms with van der Waals surface area (Å²) in [5.41, 5.74) is 1.47. The Morgan fingerprint density at radius 3 is 2.20 bits per heavy atom. The van der Waals surface area contributed by atoms with E-state index >= 15 is 0 Å². The lowest BCUT2D eigenvalue weighted by Gasteiger charge is -2.26.